The summed E-state index contributed by atoms with van der Waals surface area (Å²) < 4.78 is 0.675. The van der Waals surface area contributed by atoms with Crippen molar-refractivity contribution in [1.29, 1.82) is 0 Å². The molecular formula is C12H11N3O4S. The van der Waals surface area contributed by atoms with E-state index in [4.69, 9.17) is 5.11 Å². The summed E-state index contributed by atoms with van der Waals surface area (Å²) >= 11 is 1.25. The highest BCUT2D eigenvalue weighted by atomic mass is 32.1. The summed E-state index contributed by atoms with van der Waals surface area (Å²) in [6.07, 6.45) is 0.312. The van der Waals surface area contributed by atoms with E-state index in [1.807, 2.05) is 0 Å². The second kappa shape index (κ2) is 4.80. The van der Waals surface area contributed by atoms with Gasteiger partial charge in [-0.25, -0.2) is 4.98 Å². The lowest BCUT2D eigenvalue weighted by atomic mass is 10.1. The number of anilines is 1. The van der Waals surface area contributed by atoms with Crippen LogP contribution in [0.15, 0.2) is 18.2 Å². The van der Waals surface area contributed by atoms with Crippen LogP contribution >= 0.6 is 11.3 Å². The molecule has 1 amide bonds. The first-order chi connectivity index (χ1) is 9.58. The third-order valence-electron chi connectivity index (χ3n) is 3.27. The van der Waals surface area contributed by atoms with E-state index in [2.05, 4.69) is 4.98 Å². The Balaban J connectivity index is 1.97. The fourth-order valence-corrected chi connectivity index (χ4v) is 3.24. The van der Waals surface area contributed by atoms with E-state index in [0.717, 1.165) is 0 Å². The number of aromatic nitrogens is 1. The number of carbonyl (C=O) groups excluding carboxylic acids is 1. The van der Waals surface area contributed by atoms with Gasteiger partial charge in [-0.2, -0.15) is 0 Å². The molecule has 20 heavy (non-hydrogen) atoms. The van der Waals surface area contributed by atoms with E-state index in [1.165, 1.54) is 28.4 Å². The Morgan fingerprint density at radius 2 is 2.35 bits per heavy atom. The molecular weight excluding hydrogens is 282 g/mol. The summed E-state index contributed by atoms with van der Waals surface area (Å²) in [6.45, 7) is 0.413. The Morgan fingerprint density at radius 3 is 3.00 bits per heavy atom. The smallest absolute Gasteiger partial charge is 0.270 e. The molecule has 0 spiro atoms. The number of aliphatic hydroxyl groups is 1. The molecule has 1 aromatic heterocycles. The minimum atomic E-state index is -0.457. The molecule has 7 nitrogen and oxygen atoms in total. The van der Waals surface area contributed by atoms with Gasteiger partial charge < -0.3 is 5.11 Å². The highest BCUT2D eigenvalue weighted by Gasteiger charge is 2.32. The predicted molar refractivity (Wildman–Crippen MR) is 73.8 cm³/mol. The van der Waals surface area contributed by atoms with Crippen LogP contribution in [0.5, 0.6) is 0 Å². The number of rotatable bonds is 3. The lowest BCUT2D eigenvalue weighted by molar-refractivity contribution is -0.384. The summed E-state index contributed by atoms with van der Waals surface area (Å²) in [7, 11) is 0. The lowest BCUT2D eigenvalue weighted by Crippen LogP contribution is -2.24. The van der Waals surface area contributed by atoms with Gasteiger partial charge in [-0.3, -0.25) is 19.8 Å². The molecule has 0 saturated carbocycles. The monoisotopic (exact) mass is 293 g/mol. The average molecular weight is 293 g/mol. The molecule has 1 fully saturated rings. The number of fused-ring (bicyclic) bond motifs is 1. The van der Waals surface area contributed by atoms with Gasteiger partial charge in [0, 0.05) is 37.6 Å². The maximum Gasteiger partial charge on any atom is 0.270 e. The molecule has 2 aromatic rings. The molecule has 8 heteroatoms. The molecule has 1 aliphatic rings. The van der Waals surface area contributed by atoms with E-state index >= 15 is 0 Å². The first kappa shape index (κ1) is 12.9. The van der Waals surface area contributed by atoms with Crippen LogP contribution in [-0.2, 0) is 4.79 Å². The van der Waals surface area contributed by atoms with E-state index in [9.17, 15) is 14.9 Å². The number of nitrogens with zero attached hydrogens (tertiary/aromatic N) is 3. The van der Waals surface area contributed by atoms with Gasteiger partial charge in [-0.05, 0) is 6.07 Å². The van der Waals surface area contributed by atoms with Crippen LogP contribution in [0.25, 0.3) is 10.2 Å². The summed E-state index contributed by atoms with van der Waals surface area (Å²) in [5.74, 6) is -0.138. The molecule has 1 aromatic carbocycles. The Hall–Kier alpha value is -2.06. The fourth-order valence-electron chi connectivity index (χ4n) is 2.22. The molecule has 0 aliphatic carbocycles. The van der Waals surface area contributed by atoms with Crippen molar-refractivity contribution in [3.63, 3.8) is 0 Å². The molecule has 0 radical (unpaired) electrons. The van der Waals surface area contributed by atoms with Crippen molar-refractivity contribution in [3.05, 3.63) is 28.3 Å². The SMILES string of the molecule is O=C1CC(CO)CN1c1nc2ccc([N+](=O)[O-])cc2s1. The Labute approximate surface area is 117 Å². The van der Waals surface area contributed by atoms with Crippen molar-refractivity contribution < 1.29 is 14.8 Å². The molecule has 2 heterocycles. The van der Waals surface area contributed by atoms with Crippen molar-refractivity contribution in [2.24, 2.45) is 5.92 Å². The van der Waals surface area contributed by atoms with Gasteiger partial charge in [0.2, 0.25) is 5.91 Å². The minimum absolute atomic E-state index is 0.00804. The maximum absolute atomic E-state index is 11.9. The van der Waals surface area contributed by atoms with Gasteiger partial charge in [0.1, 0.15) is 0 Å². The van der Waals surface area contributed by atoms with Crippen LogP contribution in [0, 0.1) is 16.0 Å². The normalized spacial score (nSPS) is 18.9. The maximum atomic E-state index is 11.9. The van der Waals surface area contributed by atoms with Gasteiger partial charge in [-0.15, -0.1) is 0 Å². The molecule has 3 rings (SSSR count). The molecule has 1 unspecified atom stereocenters. The van der Waals surface area contributed by atoms with Crippen molar-refractivity contribution >= 4 is 38.3 Å². The molecule has 1 N–H and O–H groups in total. The zero-order chi connectivity index (χ0) is 14.3. The quantitative estimate of drug-likeness (QED) is 0.684. The van der Waals surface area contributed by atoms with E-state index in [0.29, 0.717) is 28.3 Å². The Kier molecular flexibility index (Phi) is 3.11. The predicted octanol–water partition coefficient (Wildman–Crippen LogP) is 1.55. The molecule has 1 atom stereocenters. The fraction of sp³-hybridized carbons (Fsp3) is 0.333. The molecule has 104 valence electrons. The number of thiazole rings is 1. The molecule has 1 saturated heterocycles. The summed E-state index contributed by atoms with van der Waals surface area (Å²) in [5, 5.41) is 20.4. The first-order valence-electron chi connectivity index (χ1n) is 6.04. The number of non-ortho nitro benzene ring substituents is 1. The van der Waals surface area contributed by atoms with E-state index in [1.54, 1.807) is 6.07 Å². The number of hydrogen-bond donors (Lipinski definition) is 1. The zero-order valence-electron chi connectivity index (χ0n) is 10.4. The first-order valence-corrected chi connectivity index (χ1v) is 6.86. The van der Waals surface area contributed by atoms with Crippen molar-refractivity contribution in [1.82, 2.24) is 4.98 Å². The van der Waals surface area contributed by atoms with Gasteiger partial charge in [0.05, 0.1) is 15.1 Å². The summed E-state index contributed by atoms with van der Waals surface area (Å²) in [6, 6.07) is 4.44. The van der Waals surface area contributed by atoms with Gasteiger partial charge in [-0.1, -0.05) is 11.3 Å². The third kappa shape index (κ3) is 2.12. The topological polar surface area (TPSA) is 96.6 Å². The number of aliphatic hydroxyl groups excluding tert-OH is 1. The number of nitro groups is 1. The summed E-state index contributed by atoms with van der Waals surface area (Å²) in [4.78, 5) is 28.0. The Bertz CT molecular complexity index is 699. The van der Waals surface area contributed by atoms with Gasteiger partial charge in [0.25, 0.3) is 5.69 Å². The van der Waals surface area contributed by atoms with Crippen molar-refractivity contribution in [2.45, 2.75) is 6.42 Å². The van der Waals surface area contributed by atoms with Crippen molar-refractivity contribution in [2.75, 3.05) is 18.1 Å². The highest BCUT2D eigenvalue weighted by molar-refractivity contribution is 7.22. The molecule has 1 aliphatic heterocycles. The van der Waals surface area contributed by atoms with Crippen LogP contribution in [0.3, 0.4) is 0 Å². The van der Waals surface area contributed by atoms with Crippen LogP contribution in [-0.4, -0.2) is 34.1 Å². The van der Waals surface area contributed by atoms with E-state index in [-0.39, 0.29) is 24.1 Å². The number of nitro benzene ring substituents is 1. The largest absolute Gasteiger partial charge is 0.396 e. The second-order valence-electron chi connectivity index (χ2n) is 4.66. The van der Waals surface area contributed by atoms with E-state index < -0.39 is 4.92 Å². The second-order valence-corrected chi connectivity index (χ2v) is 5.67. The number of hydrogen-bond acceptors (Lipinski definition) is 6. The van der Waals surface area contributed by atoms with Gasteiger partial charge in [0.15, 0.2) is 5.13 Å². The minimum Gasteiger partial charge on any atom is -0.396 e. The average Bonchev–Trinajstić information content (AvgIpc) is 3.00. The number of benzene rings is 1. The van der Waals surface area contributed by atoms with Crippen LogP contribution < -0.4 is 4.90 Å². The van der Waals surface area contributed by atoms with Crippen LogP contribution in [0.2, 0.25) is 0 Å². The number of carbonyl (C=O) groups is 1. The summed E-state index contributed by atoms with van der Waals surface area (Å²) in [5.41, 5.74) is 0.643. The van der Waals surface area contributed by atoms with Gasteiger partial charge >= 0.3 is 0 Å². The van der Waals surface area contributed by atoms with Crippen LogP contribution in [0.4, 0.5) is 10.8 Å². The number of amides is 1. The standard InChI is InChI=1S/C12H11N3O4S/c16-6-7-3-11(17)14(5-7)12-13-9-2-1-8(15(18)19)4-10(9)20-12/h1-2,4,7,16H,3,5-6H2. The Morgan fingerprint density at radius 1 is 1.55 bits per heavy atom. The van der Waals surface area contributed by atoms with Crippen LogP contribution in [0.1, 0.15) is 6.42 Å². The lowest BCUT2D eigenvalue weighted by Gasteiger charge is -2.11. The zero-order valence-corrected chi connectivity index (χ0v) is 11.2. The van der Waals surface area contributed by atoms with Crippen molar-refractivity contribution in [3.8, 4) is 0 Å². The molecule has 0 bridgehead atoms. The third-order valence-corrected chi connectivity index (χ3v) is 4.31. The highest BCUT2D eigenvalue weighted by Crippen LogP contribution is 2.34.